The first kappa shape index (κ1) is 14.3. The number of nitrogens with one attached hydrogen (secondary N) is 1. The van der Waals surface area contributed by atoms with Crippen molar-refractivity contribution >= 4 is 6.09 Å². The molecule has 0 saturated carbocycles. The third-order valence-corrected chi connectivity index (χ3v) is 4.10. The molecule has 2 heterocycles. The molecule has 1 saturated heterocycles. The van der Waals surface area contributed by atoms with E-state index in [0.717, 1.165) is 31.7 Å². The second-order valence-electron chi connectivity index (χ2n) is 6.95. The molecule has 1 spiro atoms. The maximum atomic E-state index is 12.0. The molecule has 1 unspecified atom stereocenters. The zero-order chi connectivity index (χ0) is 15.1. The van der Waals surface area contributed by atoms with E-state index in [1.807, 2.05) is 26.8 Å². The Morgan fingerprint density at radius 3 is 2.86 bits per heavy atom. The van der Waals surface area contributed by atoms with Gasteiger partial charge in [-0.3, -0.25) is 4.98 Å². The van der Waals surface area contributed by atoms with E-state index in [0.29, 0.717) is 0 Å². The second-order valence-corrected chi connectivity index (χ2v) is 6.95. The molecule has 1 aliphatic heterocycles. The monoisotopic (exact) mass is 290 g/mol. The summed E-state index contributed by atoms with van der Waals surface area (Å²) in [4.78, 5) is 16.5. The molecule has 1 aliphatic carbocycles. The lowest BCUT2D eigenvalue weighted by Gasteiger charge is -2.47. The van der Waals surface area contributed by atoms with E-state index in [1.54, 1.807) is 6.20 Å². The predicted octanol–water partition coefficient (Wildman–Crippen LogP) is 2.71. The van der Waals surface area contributed by atoms with E-state index in [-0.39, 0.29) is 17.6 Å². The molecule has 0 aromatic carbocycles. The number of nitrogens with zero attached hydrogens (tertiary/aromatic N) is 1. The molecular weight excluding hydrogens is 268 g/mol. The van der Waals surface area contributed by atoms with Crippen LogP contribution in [0.2, 0.25) is 0 Å². The normalized spacial score (nSPS) is 23.1. The molecule has 5 heteroatoms. The van der Waals surface area contributed by atoms with Crippen LogP contribution in [0.4, 0.5) is 4.79 Å². The molecule has 1 fully saturated rings. The number of alkyl carbamates (subject to hydrolysis) is 1. The summed E-state index contributed by atoms with van der Waals surface area (Å²) < 4.78 is 10.8. The summed E-state index contributed by atoms with van der Waals surface area (Å²) in [5, 5.41) is 2.95. The topological polar surface area (TPSA) is 60.5 Å². The number of fused-ring (bicyclic) bond motifs is 2. The summed E-state index contributed by atoms with van der Waals surface area (Å²) in [7, 11) is 0. The van der Waals surface area contributed by atoms with Crippen molar-refractivity contribution in [2.45, 2.75) is 50.7 Å². The summed E-state index contributed by atoms with van der Waals surface area (Å²) >= 11 is 0. The average Bonchev–Trinajstić information content (AvgIpc) is 2.35. The van der Waals surface area contributed by atoms with E-state index >= 15 is 0 Å². The Balaban J connectivity index is 1.79. The Kier molecular flexibility index (Phi) is 3.40. The minimum atomic E-state index is -0.491. The van der Waals surface area contributed by atoms with Crippen LogP contribution in [-0.2, 0) is 14.9 Å². The SMILES string of the molecule is CC(C)(C)OC(=O)NC1CCC2(COC2)c2cccnc21. The summed E-state index contributed by atoms with van der Waals surface area (Å²) in [6.45, 7) is 7.09. The second kappa shape index (κ2) is 4.98. The van der Waals surface area contributed by atoms with E-state index in [2.05, 4.69) is 16.4 Å². The van der Waals surface area contributed by atoms with Gasteiger partial charge in [0.15, 0.2) is 0 Å². The van der Waals surface area contributed by atoms with Gasteiger partial charge < -0.3 is 14.8 Å². The van der Waals surface area contributed by atoms with Crippen LogP contribution in [0.25, 0.3) is 0 Å². The van der Waals surface area contributed by atoms with Gasteiger partial charge in [-0.1, -0.05) is 6.07 Å². The number of hydrogen-bond donors (Lipinski definition) is 1. The van der Waals surface area contributed by atoms with Crippen molar-refractivity contribution in [1.82, 2.24) is 10.3 Å². The van der Waals surface area contributed by atoms with E-state index in [1.165, 1.54) is 5.56 Å². The molecule has 1 atom stereocenters. The molecule has 1 aromatic rings. The van der Waals surface area contributed by atoms with E-state index in [9.17, 15) is 4.79 Å². The molecule has 1 N–H and O–H groups in total. The van der Waals surface area contributed by atoms with Gasteiger partial charge in [0, 0.05) is 11.6 Å². The van der Waals surface area contributed by atoms with Crippen molar-refractivity contribution < 1.29 is 14.3 Å². The van der Waals surface area contributed by atoms with Crippen LogP contribution in [-0.4, -0.2) is 29.9 Å². The number of ether oxygens (including phenoxy) is 2. The van der Waals surface area contributed by atoms with Gasteiger partial charge in [0.05, 0.1) is 24.9 Å². The fourth-order valence-corrected chi connectivity index (χ4v) is 3.07. The minimum absolute atomic E-state index is 0.0812. The van der Waals surface area contributed by atoms with E-state index in [4.69, 9.17) is 9.47 Å². The van der Waals surface area contributed by atoms with Crippen LogP contribution < -0.4 is 5.32 Å². The van der Waals surface area contributed by atoms with E-state index < -0.39 is 5.60 Å². The van der Waals surface area contributed by atoms with Crippen molar-refractivity contribution in [2.75, 3.05) is 13.2 Å². The lowest BCUT2D eigenvalue weighted by molar-refractivity contribution is -0.0709. The number of aromatic nitrogens is 1. The highest BCUT2D eigenvalue weighted by atomic mass is 16.6. The zero-order valence-corrected chi connectivity index (χ0v) is 12.8. The highest BCUT2D eigenvalue weighted by Gasteiger charge is 2.46. The molecule has 5 nitrogen and oxygen atoms in total. The highest BCUT2D eigenvalue weighted by Crippen LogP contribution is 2.45. The molecule has 21 heavy (non-hydrogen) atoms. The molecule has 2 aliphatic rings. The van der Waals surface area contributed by atoms with Crippen LogP contribution in [0.5, 0.6) is 0 Å². The smallest absolute Gasteiger partial charge is 0.408 e. The Bertz CT molecular complexity index is 547. The van der Waals surface area contributed by atoms with Crippen molar-refractivity contribution in [3.05, 3.63) is 29.6 Å². The highest BCUT2D eigenvalue weighted by molar-refractivity contribution is 5.68. The number of amides is 1. The van der Waals surface area contributed by atoms with Crippen molar-refractivity contribution in [1.29, 1.82) is 0 Å². The standard InChI is InChI=1S/C16H22N2O3/c1-15(2,3)21-14(19)18-12-6-7-16(9-20-10-16)11-5-4-8-17-13(11)12/h4-5,8,12H,6-7,9-10H2,1-3H3,(H,18,19). The number of rotatable bonds is 1. The number of pyridine rings is 1. The molecule has 1 amide bonds. The van der Waals surface area contributed by atoms with Crippen LogP contribution in [0, 0.1) is 0 Å². The Morgan fingerprint density at radius 2 is 2.24 bits per heavy atom. The minimum Gasteiger partial charge on any atom is -0.444 e. The van der Waals surface area contributed by atoms with Gasteiger partial charge in [-0.05, 0) is 45.2 Å². The van der Waals surface area contributed by atoms with Gasteiger partial charge in [0.2, 0.25) is 0 Å². The first-order valence-electron chi connectivity index (χ1n) is 7.42. The summed E-state index contributed by atoms with van der Waals surface area (Å²) in [5.41, 5.74) is 1.78. The largest absolute Gasteiger partial charge is 0.444 e. The van der Waals surface area contributed by atoms with Gasteiger partial charge in [-0.15, -0.1) is 0 Å². The molecule has 1 aromatic heterocycles. The van der Waals surface area contributed by atoms with Crippen molar-refractivity contribution in [3.63, 3.8) is 0 Å². The van der Waals surface area contributed by atoms with Gasteiger partial charge in [0.25, 0.3) is 0 Å². The third-order valence-electron chi connectivity index (χ3n) is 4.10. The number of carbonyl (C=O) groups is 1. The van der Waals surface area contributed by atoms with Crippen LogP contribution in [0.1, 0.15) is 50.9 Å². The molecule has 3 rings (SSSR count). The van der Waals surface area contributed by atoms with Crippen molar-refractivity contribution in [3.8, 4) is 0 Å². The first-order valence-corrected chi connectivity index (χ1v) is 7.42. The van der Waals surface area contributed by atoms with Gasteiger partial charge >= 0.3 is 6.09 Å². The maximum absolute atomic E-state index is 12.0. The van der Waals surface area contributed by atoms with Gasteiger partial charge in [0.1, 0.15) is 5.60 Å². The number of carbonyl (C=O) groups excluding carboxylic acids is 1. The third kappa shape index (κ3) is 2.75. The predicted molar refractivity (Wildman–Crippen MR) is 78.1 cm³/mol. The molecule has 0 bridgehead atoms. The van der Waals surface area contributed by atoms with Crippen LogP contribution >= 0.6 is 0 Å². The Hall–Kier alpha value is -1.62. The fraction of sp³-hybridized carbons (Fsp3) is 0.625. The summed E-state index contributed by atoms with van der Waals surface area (Å²) in [6, 6.07) is 3.98. The average molecular weight is 290 g/mol. The van der Waals surface area contributed by atoms with Crippen molar-refractivity contribution in [2.24, 2.45) is 0 Å². The maximum Gasteiger partial charge on any atom is 0.408 e. The first-order chi connectivity index (χ1) is 9.90. The molecule has 114 valence electrons. The zero-order valence-electron chi connectivity index (χ0n) is 12.8. The fourth-order valence-electron chi connectivity index (χ4n) is 3.07. The Morgan fingerprint density at radius 1 is 1.48 bits per heavy atom. The van der Waals surface area contributed by atoms with Gasteiger partial charge in [-0.25, -0.2) is 4.79 Å². The lowest BCUT2D eigenvalue weighted by atomic mass is 9.69. The summed E-state index contributed by atoms with van der Waals surface area (Å²) in [6.07, 6.45) is 3.27. The van der Waals surface area contributed by atoms with Crippen LogP contribution in [0.3, 0.4) is 0 Å². The molecule has 0 radical (unpaired) electrons. The quantitative estimate of drug-likeness (QED) is 0.864. The number of hydrogen-bond acceptors (Lipinski definition) is 4. The summed E-state index contributed by atoms with van der Waals surface area (Å²) in [5.74, 6) is 0. The van der Waals surface area contributed by atoms with Crippen LogP contribution in [0.15, 0.2) is 18.3 Å². The Labute approximate surface area is 125 Å². The van der Waals surface area contributed by atoms with Gasteiger partial charge in [-0.2, -0.15) is 0 Å². The lowest BCUT2D eigenvalue weighted by Crippen LogP contribution is -2.51. The molecular formula is C16H22N2O3.